The first-order valence-corrected chi connectivity index (χ1v) is 6.50. The molecule has 2 N–H and O–H groups in total. The van der Waals surface area contributed by atoms with Crippen LogP contribution in [-0.2, 0) is 16.1 Å². The Labute approximate surface area is 116 Å². The van der Waals surface area contributed by atoms with E-state index in [2.05, 4.69) is 5.32 Å². The van der Waals surface area contributed by atoms with Gasteiger partial charge in [-0.2, -0.15) is 0 Å². The number of hydrogen-bond donors (Lipinski definition) is 2. The van der Waals surface area contributed by atoms with Gasteiger partial charge < -0.3 is 14.6 Å². The van der Waals surface area contributed by atoms with Crippen LogP contribution in [0, 0.1) is 0 Å². The Morgan fingerprint density at radius 1 is 1.20 bits per heavy atom. The van der Waals surface area contributed by atoms with Crippen LogP contribution in [0.15, 0.2) is 30.3 Å². The first kappa shape index (κ1) is 14.2. The lowest BCUT2D eigenvalue weighted by Crippen LogP contribution is -2.49. The van der Waals surface area contributed by atoms with Crippen LogP contribution in [0.3, 0.4) is 0 Å². The lowest BCUT2D eigenvalue weighted by Gasteiger charge is -2.27. The van der Waals surface area contributed by atoms with Crippen molar-refractivity contribution in [3.63, 3.8) is 0 Å². The summed E-state index contributed by atoms with van der Waals surface area (Å²) in [5, 5.41) is 11.3. The second-order valence-corrected chi connectivity index (χ2v) is 4.76. The molecule has 1 saturated carbocycles. The van der Waals surface area contributed by atoms with Crippen LogP contribution < -0.4 is 5.32 Å². The number of ether oxygens (including phenoxy) is 2. The van der Waals surface area contributed by atoms with Crippen LogP contribution in [0.5, 0.6) is 0 Å². The van der Waals surface area contributed by atoms with Crippen molar-refractivity contribution < 1.29 is 24.2 Å². The minimum Gasteiger partial charge on any atom is -0.450 e. The van der Waals surface area contributed by atoms with Crippen molar-refractivity contribution in [2.75, 3.05) is 0 Å². The third-order valence-corrected chi connectivity index (χ3v) is 3.24. The van der Waals surface area contributed by atoms with Gasteiger partial charge in [-0.15, -0.1) is 0 Å². The van der Waals surface area contributed by atoms with Crippen LogP contribution in [0.25, 0.3) is 0 Å². The van der Waals surface area contributed by atoms with E-state index in [-0.39, 0.29) is 6.61 Å². The predicted octanol–water partition coefficient (Wildman–Crippen LogP) is 2.88. The molecule has 0 atom stereocenters. The average molecular weight is 279 g/mol. The van der Waals surface area contributed by atoms with E-state index in [0.29, 0.717) is 12.8 Å². The first-order valence-electron chi connectivity index (χ1n) is 6.50. The summed E-state index contributed by atoms with van der Waals surface area (Å²) in [6.45, 7) is 0.135. The summed E-state index contributed by atoms with van der Waals surface area (Å²) < 4.78 is 9.90. The largest absolute Gasteiger partial charge is 0.507 e. The highest BCUT2D eigenvalue weighted by Crippen LogP contribution is 2.31. The van der Waals surface area contributed by atoms with Crippen molar-refractivity contribution in [2.24, 2.45) is 0 Å². The molecule has 6 heteroatoms. The SMILES string of the molecule is O=C(O)OC1(NC(=O)OCc2ccccc2)CCCC1. The van der Waals surface area contributed by atoms with E-state index in [1.165, 1.54) is 0 Å². The molecule has 0 saturated heterocycles. The Hall–Kier alpha value is -2.24. The van der Waals surface area contributed by atoms with Crippen LogP contribution in [0.1, 0.15) is 31.2 Å². The zero-order valence-electron chi connectivity index (χ0n) is 11.0. The molecule has 0 heterocycles. The van der Waals surface area contributed by atoms with Crippen molar-refractivity contribution in [2.45, 2.75) is 38.0 Å². The van der Waals surface area contributed by atoms with Crippen molar-refractivity contribution in [3.05, 3.63) is 35.9 Å². The summed E-state index contributed by atoms with van der Waals surface area (Å²) in [6, 6.07) is 9.25. The Morgan fingerprint density at radius 2 is 1.85 bits per heavy atom. The Balaban J connectivity index is 1.87. The fourth-order valence-corrected chi connectivity index (χ4v) is 2.31. The zero-order chi connectivity index (χ0) is 14.4. The minimum atomic E-state index is -1.39. The second-order valence-electron chi connectivity index (χ2n) is 4.76. The van der Waals surface area contributed by atoms with Gasteiger partial charge in [0.25, 0.3) is 0 Å². The van der Waals surface area contributed by atoms with Gasteiger partial charge in [0.2, 0.25) is 0 Å². The standard InChI is InChI=1S/C14H17NO5/c16-12(19-10-11-6-2-1-3-7-11)15-14(20-13(17)18)8-4-5-9-14/h1-3,6-7H,4-5,8-10H2,(H,15,16)(H,17,18). The molecule has 1 aromatic carbocycles. The van der Waals surface area contributed by atoms with Gasteiger partial charge in [0, 0.05) is 12.8 Å². The molecule has 2 rings (SSSR count). The van der Waals surface area contributed by atoms with E-state index in [0.717, 1.165) is 18.4 Å². The average Bonchev–Trinajstić information content (AvgIpc) is 2.85. The highest BCUT2D eigenvalue weighted by Gasteiger charge is 2.39. The molecule has 1 fully saturated rings. The quantitative estimate of drug-likeness (QED) is 0.654. The Morgan fingerprint density at radius 3 is 2.45 bits per heavy atom. The molecule has 1 aromatic rings. The number of carbonyl (C=O) groups excluding carboxylic acids is 1. The Kier molecular flexibility index (Phi) is 4.45. The maximum absolute atomic E-state index is 11.8. The van der Waals surface area contributed by atoms with Gasteiger partial charge in [-0.25, -0.2) is 9.59 Å². The molecule has 1 aliphatic carbocycles. The van der Waals surface area contributed by atoms with Crippen molar-refractivity contribution >= 4 is 12.2 Å². The fourth-order valence-electron chi connectivity index (χ4n) is 2.31. The van der Waals surface area contributed by atoms with E-state index in [1.807, 2.05) is 30.3 Å². The summed E-state index contributed by atoms with van der Waals surface area (Å²) in [4.78, 5) is 22.5. The van der Waals surface area contributed by atoms with Crippen LogP contribution in [0.4, 0.5) is 9.59 Å². The topological polar surface area (TPSA) is 84.9 Å². The smallest absolute Gasteiger partial charge is 0.450 e. The normalized spacial score (nSPS) is 16.4. The van der Waals surface area contributed by atoms with Crippen molar-refractivity contribution in [1.82, 2.24) is 5.32 Å². The molecule has 6 nitrogen and oxygen atoms in total. The van der Waals surface area contributed by atoms with Crippen molar-refractivity contribution in [3.8, 4) is 0 Å². The number of amides is 1. The monoisotopic (exact) mass is 279 g/mol. The highest BCUT2D eigenvalue weighted by molar-refractivity contribution is 5.69. The summed E-state index contributed by atoms with van der Waals surface area (Å²) in [5.41, 5.74) is -0.276. The van der Waals surface area contributed by atoms with Crippen LogP contribution in [0.2, 0.25) is 0 Å². The number of hydrogen-bond acceptors (Lipinski definition) is 4. The van der Waals surface area contributed by atoms with Gasteiger partial charge in [-0.1, -0.05) is 30.3 Å². The van der Waals surface area contributed by atoms with E-state index in [1.54, 1.807) is 0 Å². The minimum absolute atomic E-state index is 0.135. The molecular formula is C14H17NO5. The van der Waals surface area contributed by atoms with E-state index in [4.69, 9.17) is 14.6 Å². The molecule has 0 aliphatic heterocycles. The van der Waals surface area contributed by atoms with Crippen LogP contribution >= 0.6 is 0 Å². The molecule has 1 aliphatic rings. The number of nitrogens with one attached hydrogen (secondary N) is 1. The molecule has 20 heavy (non-hydrogen) atoms. The van der Waals surface area contributed by atoms with E-state index < -0.39 is 18.0 Å². The molecular weight excluding hydrogens is 262 g/mol. The van der Waals surface area contributed by atoms with Gasteiger partial charge in [-0.3, -0.25) is 5.32 Å². The maximum atomic E-state index is 11.8. The third kappa shape index (κ3) is 3.88. The highest BCUT2D eigenvalue weighted by atomic mass is 16.7. The molecule has 0 spiro atoms. The second kappa shape index (κ2) is 6.27. The van der Waals surface area contributed by atoms with Gasteiger partial charge in [-0.05, 0) is 18.4 Å². The number of benzene rings is 1. The first-order chi connectivity index (χ1) is 9.60. The lowest BCUT2D eigenvalue weighted by molar-refractivity contribution is -0.0357. The zero-order valence-corrected chi connectivity index (χ0v) is 11.0. The molecule has 0 aromatic heterocycles. The summed E-state index contributed by atoms with van der Waals surface area (Å²) in [5.74, 6) is 0. The summed E-state index contributed by atoms with van der Waals surface area (Å²) in [6.07, 6.45) is 0.505. The number of alkyl carbamates (subject to hydrolysis) is 1. The molecule has 108 valence electrons. The molecule has 0 bridgehead atoms. The fraction of sp³-hybridized carbons (Fsp3) is 0.429. The Bertz CT molecular complexity index is 468. The van der Waals surface area contributed by atoms with Gasteiger partial charge in [0.1, 0.15) is 6.61 Å². The molecule has 0 unspecified atom stereocenters. The summed E-state index contributed by atoms with van der Waals surface area (Å²) in [7, 11) is 0. The number of carboxylic acid groups (broad SMARTS) is 1. The van der Waals surface area contributed by atoms with Crippen molar-refractivity contribution in [1.29, 1.82) is 0 Å². The van der Waals surface area contributed by atoms with Gasteiger partial charge in [0.15, 0.2) is 5.72 Å². The van der Waals surface area contributed by atoms with E-state index in [9.17, 15) is 9.59 Å². The number of carbonyl (C=O) groups is 2. The third-order valence-electron chi connectivity index (χ3n) is 3.24. The lowest BCUT2D eigenvalue weighted by atomic mass is 10.2. The predicted molar refractivity (Wildman–Crippen MR) is 70.1 cm³/mol. The van der Waals surface area contributed by atoms with Crippen LogP contribution in [-0.4, -0.2) is 23.1 Å². The molecule has 1 amide bonds. The van der Waals surface area contributed by atoms with Gasteiger partial charge >= 0.3 is 12.2 Å². The molecule has 0 radical (unpaired) electrons. The van der Waals surface area contributed by atoms with Gasteiger partial charge in [0.05, 0.1) is 0 Å². The number of rotatable bonds is 4. The van der Waals surface area contributed by atoms with E-state index >= 15 is 0 Å². The summed E-state index contributed by atoms with van der Waals surface area (Å²) >= 11 is 0. The maximum Gasteiger partial charge on any atom is 0.507 e.